The Labute approximate surface area is 131 Å². The Hall–Kier alpha value is -1.97. The number of esters is 1. The predicted molar refractivity (Wildman–Crippen MR) is 77.0 cm³/mol. The number of ether oxygens (including phenoxy) is 2. The predicted octanol–water partition coefficient (Wildman–Crippen LogP) is -1.25. The zero-order valence-corrected chi connectivity index (χ0v) is 12.0. The summed E-state index contributed by atoms with van der Waals surface area (Å²) in [5.74, 6) is -0.776. The number of benzene rings is 1. The van der Waals surface area contributed by atoms with E-state index in [-0.39, 0.29) is 5.75 Å². The maximum atomic E-state index is 11.7. The van der Waals surface area contributed by atoms with Gasteiger partial charge in [0.05, 0.1) is 6.61 Å². The Morgan fingerprint density at radius 1 is 1.17 bits per heavy atom. The van der Waals surface area contributed by atoms with Crippen molar-refractivity contribution < 1.29 is 39.8 Å². The highest BCUT2D eigenvalue weighted by molar-refractivity contribution is 5.87. The SMILES string of the molecule is O=C(C=Cc1ccc(O)cc1)OC1C(O)OC(CO)C(O)C1O. The zero-order chi connectivity index (χ0) is 17.0. The van der Waals surface area contributed by atoms with Gasteiger partial charge < -0.3 is 35.0 Å². The van der Waals surface area contributed by atoms with Crippen molar-refractivity contribution in [1.29, 1.82) is 0 Å². The van der Waals surface area contributed by atoms with Crippen molar-refractivity contribution in [2.75, 3.05) is 6.61 Å². The number of aliphatic hydroxyl groups is 4. The van der Waals surface area contributed by atoms with Crippen LogP contribution in [0.5, 0.6) is 5.75 Å². The highest BCUT2D eigenvalue weighted by atomic mass is 16.7. The van der Waals surface area contributed by atoms with E-state index in [0.717, 1.165) is 6.08 Å². The second kappa shape index (κ2) is 7.53. The highest BCUT2D eigenvalue weighted by Crippen LogP contribution is 2.22. The van der Waals surface area contributed by atoms with Crippen molar-refractivity contribution >= 4 is 12.0 Å². The number of carbonyl (C=O) groups is 1. The molecule has 0 aliphatic carbocycles. The summed E-state index contributed by atoms with van der Waals surface area (Å²) in [6.07, 6.45) is -4.93. The Morgan fingerprint density at radius 2 is 1.83 bits per heavy atom. The minimum absolute atomic E-state index is 0.0859. The van der Waals surface area contributed by atoms with Crippen LogP contribution < -0.4 is 0 Å². The fraction of sp³-hybridized carbons (Fsp3) is 0.400. The number of phenolic OH excluding ortho intramolecular Hbond substituents is 1. The van der Waals surface area contributed by atoms with Crippen molar-refractivity contribution in [1.82, 2.24) is 0 Å². The lowest BCUT2D eigenvalue weighted by Gasteiger charge is -2.39. The van der Waals surface area contributed by atoms with Crippen LogP contribution in [0.2, 0.25) is 0 Å². The Balaban J connectivity index is 1.97. The maximum absolute atomic E-state index is 11.7. The normalized spacial score (nSPS) is 31.2. The molecule has 2 rings (SSSR count). The Kier molecular flexibility index (Phi) is 5.69. The lowest BCUT2D eigenvalue weighted by molar-refractivity contribution is -0.289. The van der Waals surface area contributed by atoms with Crippen LogP contribution >= 0.6 is 0 Å². The molecule has 0 amide bonds. The number of aromatic hydroxyl groups is 1. The van der Waals surface area contributed by atoms with E-state index in [1.165, 1.54) is 18.2 Å². The van der Waals surface area contributed by atoms with E-state index in [1.807, 2.05) is 0 Å². The van der Waals surface area contributed by atoms with Gasteiger partial charge in [-0.15, -0.1) is 0 Å². The van der Waals surface area contributed by atoms with E-state index in [9.17, 15) is 20.1 Å². The van der Waals surface area contributed by atoms with E-state index in [4.69, 9.17) is 19.7 Å². The molecular formula is C15H18O8. The molecule has 8 nitrogen and oxygen atoms in total. The summed E-state index contributed by atoms with van der Waals surface area (Å²) in [6.45, 7) is -0.600. The molecule has 1 aliphatic rings. The molecule has 0 bridgehead atoms. The molecule has 1 aromatic carbocycles. The fourth-order valence-electron chi connectivity index (χ4n) is 2.12. The first-order chi connectivity index (χ1) is 10.9. The molecule has 0 radical (unpaired) electrons. The average molecular weight is 326 g/mol. The van der Waals surface area contributed by atoms with Gasteiger partial charge in [-0.05, 0) is 23.8 Å². The summed E-state index contributed by atoms with van der Waals surface area (Å²) in [5.41, 5.74) is 0.626. The molecule has 0 saturated carbocycles. The van der Waals surface area contributed by atoms with Crippen LogP contribution in [0.25, 0.3) is 6.08 Å². The van der Waals surface area contributed by atoms with E-state index >= 15 is 0 Å². The van der Waals surface area contributed by atoms with Crippen molar-refractivity contribution in [3.05, 3.63) is 35.9 Å². The van der Waals surface area contributed by atoms with Crippen LogP contribution in [-0.2, 0) is 14.3 Å². The molecule has 1 aromatic rings. The minimum atomic E-state index is -1.67. The first-order valence-electron chi connectivity index (χ1n) is 6.90. The second-order valence-electron chi connectivity index (χ2n) is 5.06. The summed E-state index contributed by atoms with van der Waals surface area (Å²) >= 11 is 0. The first-order valence-corrected chi connectivity index (χ1v) is 6.90. The van der Waals surface area contributed by atoms with Gasteiger partial charge in [0.2, 0.25) is 0 Å². The highest BCUT2D eigenvalue weighted by Gasteiger charge is 2.45. The lowest BCUT2D eigenvalue weighted by Crippen LogP contribution is -2.59. The third-order valence-corrected chi connectivity index (χ3v) is 3.40. The van der Waals surface area contributed by atoms with Crippen molar-refractivity contribution in [2.24, 2.45) is 0 Å². The van der Waals surface area contributed by atoms with Gasteiger partial charge in [0.25, 0.3) is 0 Å². The third kappa shape index (κ3) is 4.27. The lowest BCUT2D eigenvalue weighted by atomic mass is 9.99. The minimum Gasteiger partial charge on any atom is -0.508 e. The molecule has 5 N–H and O–H groups in total. The van der Waals surface area contributed by atoms with E-state index < -0.39 is 43.3 Å². The number of hydrogen-bond acceptors (Lipinski definition) is 8. The third-order valence-electron chi connectivity index (χ3n) is 3.40. The van der Waals surface area contributed by atoms with Gasteiger partial charge in [-0.1, -0.05) is 12.1 Å². The standard InChI is InChI=1S/C15H18O8/c16-7-10-12(19)13(20)14(15(21)22-10)23-11(18)6-3-8-1-4-9(17)5-2-8/h1-6,10,12-17,19-21H,7H2. The van der Waals surface area contributed by atoms with Gasteiger partial charge in [-0.3, -0.25) is 0 Å². The second-order valence-corrected chi connectivity index (χ2v) is 5.06. The van der Waals surface area contributed by atoms with Gasteiger partial charge in [-0.2, -0.15) is 0 Å². The van der Waals surface area contributed by atoms with Crippen LogP contribution in [-0.4, -0.2) is 68.8 Å². The summed E-state index contributed by atoms with van der Waals surface area (Å²) in [6, 6.07) is 6.03. The molecule has 1 heterocycles. The van der Waals surface area contributed by atoms with E-state index in [2.05, 4.69) is 0 Å². The van der Waals surface area contributed by atoms with Crippen LogP contribution in [0.15, 0.2) is 30.3 Å². The first kappa shape index (κ1) is 17.4. The maximum Gasteiger partial charge on any atom is 0.331 e. The summed E-state index contributed by atoms with van der Waals surface area (Å²) in [7, 11) is 0. The molecule has 8 heteroatoms. The van der Waals surface area contributed by atoms with Gasteiger partial charge >= 0.3 is 5.97 Å². The number of hydrogen-bond donors (Lipinski definition) is 5. The molecule has 1 fully saturated rings. The molecule has 1 saturated heterocycles. The monoisotopic (exact) mass is 326 g/mol. The topological polar surface area (TPSA) is 137 Å². The zero-order valence-electron chi connectivity index (χ0n) is 12.0. The molecule has 0 spiro atoms. The summed E-state index contributed by atoms with van der Waals surface area (Å²) in [5, 5.41) is 47.3. The van der Waals surface area contributed by atoms with Gasteiger partial charge in [0.1, 0.15) is 24.1 Å². The number of rotatable bonds is 4. The van der Waals surface area contributed by atoms with E-state index in [1.54, 1.807) is 12.1 Å². The van der Waals surface area contributed by atoms with E-state index in [0.29, 0.717) is 5.56 Å². The largest absolute Gasteiger partial charge is 0.508 e. The molecular weight excluding hydrogens is 308 g/mol. The summed E-state index contributed by atoms with van der Waals surface area (Å²) < 4.78 is 9.76. The van der Waals surface area contributed by atoms with Gasteiger partial charge in [0, 0.05) is 6.08 Å². The van der Waals surface area contributed by atoms with Gasteiger partial charge in [-0.25, -0.2) is 4.79 Å². The van der Waals surface area contributed by atoms with Crippen LogP contribution in [0.3, 0.4) is 0 Å². The quantitative estimate of drug-likeness (QED) is 0.342. The van der Waals surface area contributed by atoms with Crippen LogP contribution in [0.1, 0.15) is 5.56 Å². The molecule has 1 aliphatic heterocycles. The molecule has 23 heavy (non-hydrogen) atoms. The number of carbonyl (C=O) groups excluding carboxylic acids is 1. The smallest absolute Gasteiger partial charge is 0.331 e. The Morgan fingerprint density at radius 3 is 2.43 bits per heavy atom. The van der Waals surface area contributed by atoms with Crippen molar-refractivity contribution in [2.45, 2.75) is 30.7 Å². The molecule has 0 aromatic heterocycles. The number of phenols is 1. The average Bonchev–Trinajstić information content (AvgIpc) is 2.54. The molecule has 126 valence electrons. The fourth-order valence-corrected chi connectivity index (χ4v) is 2.12. The molecule has 5 atom stereocenters. The molecule has 5 unspecified atom stereocenters. The van der Waals surface area contributed by atoms with Crippen molar-refractivity contribution in [3.8, 4) is 5.75 Å². The van der Waals surface area contributed by atoms with Crippen LogP contribution in [0.4, 0.5) is 0 Å². The van der Waals surface area contributed by atoms with Crippen molar-refractivity contribution in [3.63, 3.8) is 0 Å². The van der Waals surface area contributed by atoms with Crippen LogP contribution in [0, 0.1) is 0 Å². The van der Waals surface area contributed by atoms with Gasteiger partial charge in [0.15, 0.2) is 12.4 Å². The Bertz CT molecular complexity index is 555. The summed E-state index contributed by atoms with van der Waals surface area (Å²) in [4.78, 5) is 11.7. The number of aliphatic hydroxyl groups excluding tert-OH is 4.